The van der Waals surface area contributed by atoms with Crippen LogP contribution >= 0.6 is 0 Å². The van der Waals surface area contributed by atoms with Gasteiger partial charge in [0.25, 0.3) is 0 Å². The number of ether oxygens (including phenoxy) is 3. The van der Waals surface area contributed by atoms with E-state index in [9.17, 15) is 14.4 Å². The molecule has 0 aromatic rings. The van der Waals surface area contributed by atoms with Crippen molar-refractivity contribution in [3.05, 3.63) is 72.9 Å². The number of carbonyl (C=O) groups is 3. The Balaban J connectivity index is 4.28. The number of carbonyl (C=O) groups excluding carboxylic acids is 3. The summed E-state index contributed by atoms with van der Waals surface area (Å²) in [6.07, 6.45) is 93.7. The fourth-order valence-corrected chi connectivity index (χ4v) is 10.7. The molecule has 0 aliphatic rings. The van der Waals surface area contributed by atoms with E-state index in [-0.39, 0.29) is 31.1 Å². The maximum Gasteiger partial charge on any atom is 0.306 e. The molecule has 0 aromatic heterocycles. The Bertz CT molecular complexity index is 1520. The van der Waals surface area contributed by atoms with E-state index in [1.807, 2.05) is 0 Å². The molecule has 1 atom stereocenters. The summed E-state index contributed by atoms with van der Waals surface area (Å²) in [6, 6.07) is 0. The van der Waals surface area contributed by atoms with Gasteiger partial charge in [0.2, 0.25) is 0 Å². The van der Waals surface area contributed by atoms with Crippen LogP contribution in [0.15, 0.2) is 72.9 Å². The highest BCUT2D eigenvalue weighted by Crippen LogP contribution is 2.18. The highest BCUT2D eigenvalue weighted by Gasteiger charge is 2.19. The minimum Gasteiger partial charge on any atom is -0.462 e. The highest BCUT2D eigenvalue weighted by molar-refractivity contribution is 5.71. The van der Waals surface area contributed by atoms with Crippen LogP contribution in [0.5, 0.6) is 0 Å². The molecule has 0 heterocycles. The first-order chi connectivity index (χ1) is 41.0. The molecule has 0 radical (unpaired) electrons. The van der Waals surface area contributed by atoms with Crippen LogP contribution in [0.2, 0.25) is 0 Å². The number of esters is 3. The molecule has 0 fully saturated rings. The van der Waals surface area contributed by atoms with E-state index in [0.717, 1.165) is 96.3 Å². The van der Waals surface area contributed by atoms with E-state index in [0.29, 0.717) is 19.3 Å². The van der Waals surface area contributed by atoms with Gasteiger partial charge in [0, 0.05) is 19.3 Å². The summed E-state index contributed by atoms with van der Waals surface area (Å²) in [7, 11) is 0. The van der Waals surface area contributed by atoms with Crippen molar-refractivity contribution in [1.29, 1.82) is 0 Å². The molecule has 482 valence electrons. The monoisotopic (exact) mass is 1160 g/mol. The lowest BCUT2D eigenvalue weighted by molar-refractivity contribution is -0.167. The van der Waals surface area contributed by atoms with Crippen LogP contribution in [-0.2, 0) is 28.6 Å². The summed E-state index contributed by atoms with van der Waals surface area (Å²) < 4.78 is 17.0. The Morgan fingerprint density at radius 2 is 0.470 bits per heavy atom. The zero-order valence-electron chi connectivity index (χ0n) is 55.5. The average Bonchev–Trinajstić information content (AvgIpc) is 3.49. The van der Waals surface area contributed by atoms with Crippen molar-refractivity contribution in [2.75, 3.05) is 13.2 Å². The Kier molecular flexibility index (Phi) is 68.6. The predicted molar refractivity (Wildman–Crippen MR) is 362 cm³/mol. The first-order valence-corrected chi connectivity index (χ1v) is 36.4. The molecule has 0 rings (SSSR count). The van der Waals surface area contributed by atoms with E-state index >= 15 is 0 Å². The van der Waals surface area contributed by atoms with Gasteiger partial charge in [-0.3, -0.25) is 14.4 Å². The second-order valence-electron chi connectivity index (χ2n) is 24.5. The normalized spacial score (nSPS) is 12.5. The SMILES string of the molecule is CC/C=C\C/C=C\C/C=C\C/C=C\CCCCCCCCC(=O)OC(COC(=O)CCCCCCCCC/C=C\CCCCCCCC)COC(=O)CCCCCCCCCCCCCCCCCCC/C=C\CCCCCCCCCC. The van der Waals surface area contributed by atoms with Crippen LogP contribution in [0.4, 0.5) is 0 Å². The largest absolute Gasteiger partial charge is 0.462 e. The van der Waals surface area contributed by atoms with Crippen LogP contribution in [-0.4, -0.2) is 37.2 Å². The second-order valence-corrected chi connectivity index (χ2v) is 24.5. The van der Waals surface area contributed by atoms with Crippen molar-refractivity contribution in [3.63, 3.8) is 0 Å². The van der Waals surface area contributed by atoms with Crippen molar-refractivity contribution >= 4 is 17.9 Å². The maximum absolute atomic E-state index is 13.0. The molecule has 0 amide bonds. The molecule has 83 heavy (non-hydrogen) atoms. The third-order valence-corrected chi connectivity index (χ3v) is 16.2. The number of hydrogen-bond donors (Lipinski definition) is 0. The lowest BCUT2D eigenvalue weighted by Gasteiger charge is -2.18. The first-order valence-electron chi connectivity index (χ1n) is 36.4. The summed E-state index contributed by atoms with van der Waals surface area (Å²) in [5, 5.41) is 0. The third kappa shape index (κ3) is 69.5. The van der Waals surface area contributed by atoms with Crippen molar-refractivity contribution in [1.82, 2.24) is 0 Å². The summed E-state index contributed by atoms with van der Waals surface area (Å²) >= 11 is 0. The minimum atomic E-state index is -0.786. The van der Waals surface area contributed by atoms with Crippen LogP contribution in [0, 0.1) is 0 Å². The van der Waals surface area contributed by atoms with Gasteiger partial charge in [-0.15, -0.1) is 0 Å². The van der Waals surface area contributed by atoms with Gasteiger partial charge < -0.3 is 14.2 Å². The molecule has 0 N–H and O–H groups in total. The summed E-state index contributed by atoms with van der Waals surface area (Å²) in [5.41, 5.74) is 0. The number of unbranched alkanes of at least 4 members (excludes halogenated alkanes) is 44. The van der Waals surface area contributed by atoms with Crippen LogP contribution in [0.3, 0.4) is 0 Å². The lowest BCUT2D eigenvalue weighted by Crippen LogP contribution is -2.30. The van der Waals surface area contributed by atoms with Gasteiger partial charge in [-0.05, 0) is 109 Å². The quantitative estimate of drug-likeness (QED) is 0.0261. The molecule has 0 spiro atoms. The fourth-order valence-electron chi connectivity index (χ4n) is 10.7. The van der Waals surface area contributed by atoms with E-state index < -0.39 is 6.10 Å². The van der Waals surface area contributed by atoms with Crippen molar-refractivity contribution in [2.24, 2.45) is 0 Å². The molecule has 0 aliphatic heterocycles. The van der Waals surface area contributed by atoms with Crippen molar-refractivity contribution in [2.45, 2.75) is 386 Å². The van der Waals surface area contributed by atoms with Crippen LogP contribution in [0.1, 0.15) is 380 Å². The maximum atomic E-state index is 13.0. The predicted octanol–water partition coefficient (Wildman–Crippen LogP) is 25.2. The highest BCUT2D eigenvalue weighted by atomic mass is 16.6. The van der Waals surface area contributed by atoms with Crippen molar-refractivity contribution < 1.29 is 28.6 Å². The molecular formula is C77H138O6. The summed E-state index contributed by atoms with van der Waals surface area (Å²) in [6.45, 7) is 6.57. The molecule has 0 saturated carbocycles. The molecule has 1 unspecified atom stereocenters. The number of rotatable bonds is 67. The summed E-state index contributed by atoms with van der Waals surface area (Å²) in [4.78, 5) is 38.5. The standard InChI is InChI=1S/C77H138O6/c1-4-7-10-13-16-19-22-25-28-31-33-34-35-36-37-38-39-40-41-42-44-46-49-52-55-58-61-64-67-70-76(79)82-73-74(72-81-75(78)69-66-63-60-57-54-51-48-45-30-27-24-21-18-15-12-9-6-3)83-77(80)71-68-65-62-59-56-53-50-47-43-32-29-26-23-20-17-14-11-8-5-2/h8,11,17,20,26-27,29-31,33,43,47,74H,4-7,9-10,12-16,18-19,21-25,28,32,34-42,44-46,48-73H2,1-3H3/b11-8-,20-17-,29-26-,30-27-,33-31-,47-43-. The van der Waals surface area contributed by atoms with Gasteiger partial charge in [-0.2, -0.15) is 0 Å². The average molecular weight is 1160 g/mol. The van der Waals surface area contributed by atoms with Gasteiger partial charge in [0.15, 0.2) is 6.10 Å². The van der Waals surface area contributed by atoms with Crippen LogP contribution in [0.25, 0.3) is 0 Å². The van der Waals surface area contributed by atoms with Gasteiger partial charge in [0.1, 0.15) is 13.2 Å². The zero-order chi connectivity index (χ0) is 59.9. The Hall–Kier alpha value is -3.15. The number of allylic oxidation sites excluding steroid dienone is 12. The molecule has 6 heteroatoms. The molecular weight excluding hydrogens is 1020 g/mol. The van der Waals surface area contributed by atoms with Gasteiger partial charge in [-0.25, -0.2) is 0 Å². The lowest BCUT2D eigenvalue weighted by atomic mass is 10.0. The smallest absolute Gasteiger partial charge is 0.306 e. The Morgan fingerprint density at radius 1 is 0.253 bits per heavy atom. The number of hydrogen-bond acceptors (Lipinski definition) is 6. The van der Waals surface area contributed by atoms with E-state index in [1.54, 1.807) is 0 Å². The van der Waals surface area contributed by atoms with Crippen molar-refractivity contribution in [3.8, 4) is 0 Å². The third-order valence-electron chi connectivity index (χ3n) is 16.2. The molecule has 6 nitrogen and oxygen atoms in total. The van der Waals surface area contributed by atoms with Gasteiger partial charge in [0.05, 0.1) is 0 Å². The first kappa shape index (κ1) is 79.8. The van der Waals surface area contributed by atoms with Gasteiger partial charge >= 0.3 is 17.9 Å². The molecule has 0 bridgehead atoms. The fraction of sp³-hybridized carbons (Fsp3) is 0.805. The molecule has 0 aliphatic carbocycles. The Labute approximate surface area is 516 Å². The minimum absolute atomic E-state index is 0.0796. The van der Waals surface area contributed by atoms with E-state index in [4.69, 9.17) is 14.2 Å². The van der Waals surface area contributed by atoms with E-state index in [2.05, 4.69) is 93.7 Å². The van der Waals surface area contributed by atoms with Gasteiger partial charge in [-0.1, -0.05) is 325 Å². The second kappa shape index (κ2) is 71.3. The molecule has 0 aromatic carbocycles. The topological polar surface area (TPSA) is 78.9 Å². The Morgan fingerprint density at radius 3 is 0.747 bits per heavy atom. The molecule has 0 saturated heterocycles. The zero-order valence-corrected chi connectivity index (χ0v) is 55.5. The summed E-state index contributed by atoms with van der Waals surface area (Å²) in [5.74, 6) is -0.876. The van der Waals surface area contributed by atoms with Crippen LogP contribution < -0.4 is 0 Å². The van der Waals surface area contributed by atoms with E-state index in [1.165, 1.54) is 244 Å².